The Kier molecular flexibility index (Phi) is 3.79. The first-order chi connectivity index (χ1) is 12.0. The second-order valence-corrected chi connectivity index (χ2v) is 7.14. The van der Waals surface area contributed by atoms with Crippen molar-refractivity contribution >= 4 is 16.9 Å². The zero-order valence-electron chi connectivity index (χ0n) is 15.1. The summed E-state index contributed by atoms with van der Waals surface area (Å²) in [5, 5.41) is 0. The number of hydrogen-bond donors (Lipinski definition) is 1. The van der Waals surface area contributed by atoms with Crippen LogP contribution < -0.4 is 16.1 Å². The maximum absolute atomic E-state index is 12.6. The summed E-state index contributed by atoms with van der Waals surface area (Å²) >= 11 is 0. The number of quaternary nitrogens is 1. The Balaban J connectivity index is 1.82. The van der Waals surface area contributed by atoms with Crippen LogP contribution >= 0.6 is 0 Å². The van der Waals surface area contributed by atoms with Crippen LogP contribution in [0.2, 0.25) is 0 Å². The summed E-state index contributed by atoms with van der Waals surface area (Å²) in [7, 11) is 3.17. The predicted octanol–water partition coefficient (Wildman–Crippen LogP) is -0.936. The first-order valence-corrected chi connectivity index (χ1v) is 8.96. The highest BCUT2D eigenvalue weighted by Crippen LogP contribution is 2.15. The van der Waals surface area contributed by atoms with Crippen LogP contribution in [0.5, 0.6) is 0 Å². The van der Waals surface area contributed by atoms with E-state index in [-0.39, 0.29) is 11.2 Å². The molecule has 0 aliphatic carbocycles. The van der Waals surface area contributed by atoms with E-state index in [0.717, 1.165) is 29.1 Å². The van der Waals surface area contributed by atoms with Gasteiger partial charge in [0.1, 0.15) is 0 Å². The lowest BCUT2D eigenvalue weighted by Crippen LogP contribution is -3.13. The molecule has 1 saturated heterocycles. The first-order valence-electron chi connectivity index (χ1n) is 8.96. The summed E-state index contributed by atoms with van der Waals surface area (Å²) in [6, 6.07) is 0. The van der Waals surface area contributed by atoms with Crippen molar-refractivity contribution in [2.24, 2.45) is 14.1 Å². The molecule has 25 heavy (non-hydrogen) atoms. The molecule has 0 atom stereocenters. The number of nitrogens with zero attached hydrogens (tertiary/aromatic N) is 5. The number of aryl methyl sites for hydroxylation is 2. The molecule has 1 N–H and O–H groups in total. The highest BCUT2D eigenvalue weighted by molar-refractivity contribution is 5.75. The van der Waals surface area contributed by atoms with Crippen LogP contribution in [0.3, 0.4) is 0 Å². The van der Waals surface area contributed by atoms with Gasteiger partial charge < -0.3 is 9.47 Å². The molecule has 1 aliphatic rings. The minimum Gasteiger partial charge on any atom is -0.333 e. The highest BCUT2D eigenvalue weighted by Gasteiger charge is 2.20. The SMILES string of the molecule is Cc1cn2c3c(=O)n(C)c(=O)n(C)c3nc2n1CC[NH+]1CCCCC1. The molecular weight excluding hydrogens is 320 g/mol. The molecule has 8 heteroatoms. The van der Waals surface area contributed by atoms with Gasteiger partial charge in [0.25, 0.3) is 5.56 Å². The summed E-state index contributed by atoms with van der Waals surface area (Å²) in [5.74, 6) is 0.738. The fraction of sp³-hybridized carbons (Fsp3) is 0.588. The average molecular weight is 345 g/mol. The largest absolute Gasteiger partial charge is 0.333 e. The lowest BCUT2D eigenvalue weighted by atomic mass is 10.1. The third-order valence-electron chi connectivity index (χ3n) is 5.51. The van der Waals surface area contributed by atoms with Crippen molar-refractivity contribution in [3.8, 4) is 0 Å². The number of rotatable bonds is 3. The molecular formula is C17H25N6O2+. The maximum Gasteiger partial charge on any atom is 0.332 e. The maximum atomic E-state index is 12.6. The number of nitrogens with one attached hydrogen (secondary N) is 1. The summed E-state index contributed by atoms with van der Waals surface area (Å²) in [5.41, 5.74) is 1.34. The van der Waals surface area contributed by atoms with Gasteiger partial charge >= 0.3 is 5.69 Å². The van der Waals surface area contributed by atoms with E-state index in [1.165, 1.54) is 44.0 Å². The molecule has 1 aliphatic heterocycles. The molecule has 0 radical (unpaired) electrons. The number of imidazole rings is 2. The Morgan fingerprint density at radius 2 is 1.84 bits per heavy atom. The Morgan fingerprint density at radius 1 is 1.12 bits per heavy atom. The van der Waals surface area contributed by atoms with Crippen molar-refractivity contribution in [2.75, 3.05) is 19.6 Å². The van der Waals surface area contributed by atoms with Crippen molar-refractivity contribution in [1.29, 1.82) is 0 Å². The fourth-order valence-corrected chi connectivity index (χ4v) is 3.98. The smallest absolute Gasteiger partial charge is 0.332 e. The zero-order valence-corrected chi connectivity index (χ0v) is 15.1. The quantitative estimate of drug-likeness (QED) is 0.666. The van der Waals surface area contributed by atoms with Crippen molar-refractivity contribution in [1.82, 2.24) is 23.1 Å². The normalized spacial score (nSPS) is 16.3. The fourth-order valence-electron chi connectivity index (χ4n) is 3.98. The van der Waals surface area contributed by atoms with E-state index in [4.69, 9.17) is 0 Å². The molecule has 0 unspecified atom stereocenters. The Morgan fingerprint density at radius 3 is 2.56 bits per heavy atom. The van der Waals surface area contributed by atoms with E-state index in [9.17, 15) is 9.59 Å². The number of aromatic nitrogens is 5. The molecule has 3 aromatic heterocycles. The predicted molar refractivity (Wildman–Crippen MR) is 95.3 cm³/mol. The van der Waals surface area contributed by atoms with E-state index < -0.39 is 0 Å². The zero-order chi connectivity index (χ0) is 17.7. The van der Waals surface area contributed by atoms with Crippen LogP contribution in [0.4, 0.5) is 0 Å². The Labute approximate surface area is 144 Å². The monoisotopic (exact) mass is 345 g/mol. The van der Waals surface area contributed by atoms with Crippen molar-refractivity contribution < 1.29 is 4.90 Å². The molecule has 4 heterocycles. The number of hydrogen-bond acceptors (Lipinski definition) is 3. The van der Waals surface area contributed by atoms with Gasteiger partial charge in [-0.3, -0.25) is 18.3 Å². The molecule has 1 fully saturated rings. The molecule has 134 valence electrons. The van der Waals surface area contributed by atoms with E-state index in [2.05, 4.69) is 9.55 Å². The molecule has 0 spiro atoms. The summed E-state index contributed by atoms with van der Waals surface area (Å²) in [6.45, 7) is 6.45. The number of likely N-dealkylation sites (tertiary alicyclic amines) is 1. The van der Waals surface area contributed by atoms with Gasteiger partial charge in [-0.15, -0.1) is 0 Å². The lowest BCUT2D eigenvalue weighted by molar-refractivity contribution is -0.905. The van der Waals surface area contributed by atoms with Crippen molar-refractivity contribution in [2.45, 2.75) is 32.7 Å². The van der Waals surface area contributed by atoms with E-state index in [1.807, 2.05) is 17.5 Å². The van der Waals surface area contributed by atoms with Gasteiger partial charge in [-0.2, -0.15) is 4.98 Å². The first kappa shape index (κ1) is 16.1. The molecule has 0 aromatic carbocycles. The van der Waals surface area contributed by atoms with Crippen molar-refractivity contribution in [3.63, 3.8) is 0 Å². The molecule has 3 aromatic rings. The van der Waals surface area contributed by atoms with Crippen LogP contribution in [-0.4, -0.2) is 42.7 Å². The number of fused-ring (bicyclic) bond motifs is 3. The Bertz CT molecular complexity index is 1060. The van der Waals surface area contributed by atoms with Gasteiger partial charge in [0.15, 0.2) is 11.2 Å². The third-order valence-corrected chi connectivity index (χ3v) is 5.51. The van der Waals surface area contributed by atoms with Gasteiger partial charge in [-0.1, -0.05) is 0 Å². The third kappa shape index (κ3) is 2.43. The number of piperidine rings is 1. The minimum absolute atomic E-state index is 0.301. The summed E-state index contributed by atoms with van der Waals surface area (Å²) in [6.07, 6.45) is 5.91. The van der Waals surface area contributed by atoms with Gasteiger partial charge in [0, 0.05) is 26.0 Å². The minimum atomic E-state index is -0.348. The molecule has 8 nitrogen and oxygen atoms in total. The van der Waals surface area contributed by atoms with Gasteiger partial charge in [-0.05, 0) is 26.2 Å². The van der Waals surface area contributed by atoms with E-state index in [0.29, 0.717) is 11.2 Å². The van der Waals surface area contributed by atoms with Gasteiger partial charge in [0.05, 0.1) is 26.2 Å². The molecule has 0 saturated carbocycles. The van der Waals surface area contributed by atoms with Crippen LogP contribution in [0.1, 0.15) is 25.0 Å². The highest BCUT2D eigenvalue weighted by atomic mass is 16.2. The summed E-state index contributed by atoms with van der Waals surface area (Å²) in [4.78, 5) is 31.0. The van der Waals surface area contributed by atoms with Gasteiger partial charge in [-0.25, -0.2) is 4.79 Å². The second kappa shape index (κ2) is 5.87. The summed E-state index contributed by atoms with van der Waals surface area (Å²) < 4.78 is 6.57. The molecule has 0 amide bonds. The molecule has 4 rings (SSSR count). The Hall–Kier alpha value is -2.35. The second-order valence-electron chi connectivity index (χ2n) is 7.14. The van der Waals surface area contributed by atoms with Crippen LogP contribution in [0.25, 0.3) is 16.9 Å². The van der Waals surface area contributed by atoms with E-state index >= 15 is 0 Å². The van der Waals surface area contributed by atoms with Crippen LogP contribution in [0, 0.1) is 6.92 Å². The van der Waals surface area contributed by atoms with Gasteiger partial charge in [0.2, 0.25) is 5.78 Å². The molecule has 0 bridgehead atoms. The average Bonchev–Trinajstić information content (AvgIpc) is 3.12. The van der Waals surface area contributed by atoms with Crippen LogP contribution in [-0.2, 0) is 20.6 Å². The van der Waals surface area contributed by atoms with Crippen LogP contribution in [0.15, 0.2) is 15.8 Å². The van der Waals surface area contributed by atoms with E-state index in [1.54, 1.807) is 11.9 Å². The van der Waals surface area contributed by atoms with Crippen molar-refractivity contribution in [3.05, 3.63) is 32.7 Å². The lowest BCUT2D eigenvalue weighted by Gasteiger charge is -2.23. The topological polar surface area (TPSA) is 70.7 Å². The standard InChI is InChI=1S/C17H24N6O2/c1-12-11-23-13-14(19(2)17(25)20(3)15(13)24)18-16(23)22(12)10-9-21-7-5-4-6-8-21/h11H,4-10H2,1-3H3/p+1.